The first-order valence-corrected chi connectivity index (χ1v) is 9.45. The Morgan fingerprint density at radius 2 is 1.76 bits per heavy atom. The van der Waals surface area contributed by atoms with E-state index in [1.54, 1.807) is 0 Å². The molecule has 0 amide bonds. The second-order valence-electron chi connectivity index (χ2n) is 6.61. The first kappa shape index (κ1) is 17.4. The van der Waals surface area contributed by atoms with E-state index in [-0.39, 0.29) is 0 Å². The van der Waals surface area contributed by atoms with E-state index < -0.39 is 0 Å². The minimum atomic E-state index is 0.815. The Kier molecular flexibility index (Phi) is 5.64. The predicted molar refractivity (Wildman–Crippen MR) is 106 cm³/mol. The largest absolute Gasteiger partial charge is 0.185 e. The topological polar surface area (TPSA) is 23.8 Å². The van der Waals surface area contributed by atoms with Crippen molar-refractivity contribution in [3.8, 4) is 17.2 Å². The summed E-state index contributed by atoms with van der Waals surface area (Å²) in [6.45, 7) is 4.33. The molecule has 0 N–H and O–H groups in total. The van der Waals surface area contributed by atoms with Gasteiger partial charge in [-0.1, -0.05) is 37.0 Å². The molecular weight excluding hydrogens is 322 g/mol. The Hall–Kier alpha value is -2.42. The number of allylic oxidation sites excluding steroid dienone is 2. The molecule has 1 aliphatic carbocycles. The summed E-state index contributed by atoms with van der Waals surface area (Å²) in [4.78, 5) is 0.993. The summed E-state index contributed by atoms with van der Waals surface area (Å²) in [5.74, 6) is 7.27. The summed E-state index contributed by atoms with van der Waals surface area (Å²) in [6.07, 6.45) is 6.04. The normalized spacial score (nSPS) is 16.4. The van der Waals surface area contributed by atoms with E-state index >= 15 is 0 Å². The smallest absolute Gasteiger partial charge is 0.138 e. The van der Waals surface area contributed by atoms with Gasteiger partial charge in [0, 0.05) is 16.0 Å². The van der Waals surface area contributed by atoms with Gasteiger partial charge in [0.05, 0.1) is 0 Å². The van der Waals surface area contributed by atoms with Gasteiger partial charge in [-0.2, -0.15) is 5.26 Å². The average molecular weight is 343 g/mol. The quantitative estimate of drug-likeness (QED) is 0.370. The van der Waals surface area contributed by atoms with E-state index in [0.29, 0.717) is 0 Å². The van der Waals surface area contributed by atoms with E-state index in [2.05, 4.69) is 54.5 Å². The van der Waals surface area contributed by atoms with Crippen LogP contribution in [0.15, 0.2) is 53.4 Å². The van der Waals surface area contributed by atoms with E-state index in [0.717, 1.165) is 27.5 Å². The van der Waals surface area contributed by atoms with Crippen LogP contribution < -0.4 is 0 Å². The van der Waals surface area contributed by atoms with Gasteiger partial charge < -0.3 is 0 Å². The molecule has 1 unspecified atom stereocenters. The fourth-order valence-electron chi connectivity index (χ4n) is 3.03. The maximum atomic E-state index is 8.78. The fourth-order valence-corrected chi connectivity index (χ4v) is 3.48. The molecule has 0 heterocycles. The van der Waals surface area contributed by atoms with Crippen molar-refractivity contribution in [2.45, 2.75) is 38.0 Å². The number of nitriles is 1. The van der Waals surface area contributed by atoms with Crippen LogP contribution in [-0.2, 0) is 0 Å². The van der Waals surface area contributed by atoms with Crippen LogP contribution in [0, 0.1) is 35.3 Å². The number of aryl methyl sites for hydroxylation is 1. The Labute approximate surface area is 154 Å². The number of hydrogen-bond acceptors (Lipinski definition) is 2. The molecule has 25 heavy (non-hydrogen) atoms. The van der Waals surface area contributed by atoms with Gasteiger partial charge in [-0.3, -0.25) is 0 Å². The van der Waals surface area contributed by atoms with Crippen molar-refractivity contribution in [1.82, 2.24) is 0 Å². The highest BCUT2D eigenvalue weighted by Gasteiger charge is 2.11. The monoisotopic (exact) mass is 343 g/mol. The van der Waals surface area contributed by atoms with Gasteiger partial charge in [-0.25, -0.2) is 0 Å². The van der Waals surface area contributed by atoms with Crippen LogP contribution in [-0.4, -0.2) is 0 Å². The van der Waals surface area contributed by atoms with Gasteiger partial charge in [0.25, 0.3) is 0 Å². The molecule has 2 aromatic carbocycles. The van der Waals surface area contributed by atoms with Gasteiger partial charge >= 0.3 is 0 Å². The minimum Gasteiger partial charge on any atom is -0.185 e. The summed E-state index contributed by atoms with van der Waals surface area (Å²) in [5, 5.41) is 10.9. The number of thioether (sulfide) groups is 1. The number of thiocyanates is 1. The van der Waals surface area contributed by atoms with Crippen LogP contribution in [0.2, 0.25) is 0 Å². The molecular formula is C23H21NS. The molecule has 0 saturated heterocycles. The predicted octanol–water partition coefficient (Wildman–Crippen LogP) is 6.17. The molecule has 0 saturated carbocycles. The molecule has 0 radical (unpaired) electrons. The highest BCUT2D eigenvalue weighted by Crippen LogP contribution is 2.29. The van der Waals surface area contributed by atoms with Crippen molar-refractivity contribution < 1.29 is 0 Å². The Morgan fingerprint density at radius 1 is 1.04 bits per heavy atom. The van der Waals surface area contributed by atoms with Crippen LogP contribution in [0.1, 0.15) is 48.4 Å². The second kappa shape index (κ2) is 8.11. The maximum absolute atomic E-state index is 8.78. The number of benzene rings is 2. The molecule has 2 heteroatoms. The standard InChI is InChI=1S/C23H21NS/c1-17-3-10-21(11-4-17)22-12-7-19(8-13-22)5-6-20-9-14-23(25-16-24)18(2)15-20/h7-10,12-15,17H,3-4,11H2,1-2H3. The lowest BCUT2D eigenvalue weighted by Gasteiger charge is -2.18. The molecule has 0 aromatic heterocycles. The highest BCUT2D eigenvalue weighted by atomic mass is 32.2. The van der Waals surface area contributed by atoms with Crippen molar-refractivity contribution in [1.29, 1.82) is 5.26 Å². The third-order valence-corrected chi connectivity index (χ3v) is 5.38. The lowest BCUT2D eigenvalue weighted by Crippen LogP contribution is -2.00. The number of nitrogens with zero attached hydrogens (tertiary/aromatic N) is 1. The zero-order valence-electron chi connectivity index (χ0n) is 14.7. The van der Waals surface area contributed by atoms with Crippen molar-refractivity contribution in [2.24, 2.45) is 5.92 Å². The maximum Gasteiger partial charge on any atom is 0.138 e. The van der Waals surface area contributed by atoms with Crippen LogP contribution >= 0.6 is 11.8 Å². The molecule has 0 aliphatic heterocycles. The lowest BCUT2D eigenvalue weighted by molar-refractivity contribution is 0.534. The molecule has 0 bridgehead atoms. The van der Waals surface area contributed by atoms with Crippen molar-refractivity contribution in [3.63, 3.8) is 0 Å². The first-order valence-electron chi connectivity index (χ1n) is 8.64. The molecule has 0 spiro atoms. The Balaban J connectivity index is 1.73. The van der Waals surface area contributed by atoms with Crippen LogP contribution in [0.3, 0.4) is 0 Å². The van der Waals surface area contributed by atoms with E-state index in [1.807, 2.05) is 25.1 Å². The van der Waals surface area contributed by atoms with Crippen LogP contribution in [0.4, 0.5) is 0 Å². The highest BCUT2D eigenvalue weighted by molar-refractivity contribution is 8.03. The third kappa shape index (κ3) is 4.56. The third-order valence-electron chi connectivity index (χ3n) is 4.61. The molecule has 2 aromatic rings. The molecule has 1 atom stereocenters. The minimum absolute atomic E-state index is 0.815. The Bertz CT molecular complexity index is 888. The summed E-state index contributed by atoms with van der Waals surface area (Å²) < 4.78 is 0. The lowest BCUT2D eigenvalue weighted by atomic mass is 9.87. The Morgan fingerprint density at radius 3 is 2.40 bits per heavy atom. The van der Waals surface area contributed by atoms with Crippen molar-refractivity contribution in [2.75, 3.05) is 0 Å². The van der Waals surface area contributed by atoms with Gasteiger partial charge in [-0.05, 0) is 90.9 Å². The van der Waals surface area contributed by atoms with Gasteiger partial charge in [0.15, 0.2) is 0 Å². The van der Waals surface area contributed by atoms with Crippen LogP contribution in [0.5, 0.6) is 0 Å². The first-order chi connectivity index (χ1) is 12.2. The van der Waals surface area contributed by atoms with Gasteiger partial charge in [-0.15, -0.1) is 0 Å². The van der Waals surface area contributed by atoms with E-state index in [9.17, 15) is 0 Å². The molecule has 124 valence electrons. The van der Waals surface area contributed by atoms with Crippen molar-refractivity contribution in [3.05, 3.63) is 70.8 Å². The molecule has 0 fully saturated rings. The molecule has 3 rings (SSSR count). The summed E-state index contributed by atoms with van der Waals surface area (Å²) in [6, 6.07) is 14.6. The zero-order chi connectivity index (χ0) is 17.6. The fraction of sp³-hybridized carbons (Fsp3) is 0.261. The SMILES string of the molecule is Cc1cc(C#Cc2ccc(C3=CCC(C)CC3)cc2)ccc1SC#N. The number of rotatable bonds is 2. The second-order valence-corrected chi connectivity index (χ2v) is 7.44. The molecule has 1 nitrogen and oxygen atoms in total. The number of hydrogen-bond donors (Lipinski definition) is 0. The van der Waals surface area contributed by atoms with E-state index in [4.69, 9.17) is 5.26 Å². The average Bonchev–Trinajstić information content (AvgIpc) is 2.63. The summed E-state index contributed by atoms with van der Waals surface area (Å²) >= 11 is 1.19. The van der Waals surface area contributed by atoms with Gasteiger partial charge in [0.1, 0.15) is 5.40 Å². The summed E-state index contributed by atoms with van der Waals surface area (Å²) in [7, 11) is 0. The van der Waals surface area contributed by atoms with Gasteiger partial charge in [0.2, 0.25) is 0 Å². The molecule has 1 aliphatic rings. The van der Waals surface area contributed by atoms with Crippen molar-refractivity contribution >= 4 is 17.3 Å². The summed E-state index contributed by atoms with van der Waals surface area (Å²) in [5.41, 5.74) is 5.90. The van der Waals surface area contributed by atoms with Crippen LogP contribution in [0.25, 0.3) is 5.57 Å². The van der Waals surface area contributed by atoms with E-state index in [1.165, 1.54) is 42.2 Å². The zero-order valence-corrected chi connectivity index (χ0v) is 15.5.